The molecule has 2 aromatic carbocycles. The molecule has 6 nitrogen and oxygen atoms in total. The van der Waals surface area contributed by atoms with Crippen molar-refractivity contribution in [1.29, 1.82) is 0 Å². The van der Waals surface area contributed by atoms with Gasteiger partial charge in [0.1, 0.15) is 0 Å². The lowest BCUT2D eigenvalue weighted by molar-refractivity contribution is -0.384. The van der Waals surface area contributed by atoms with Crippen LogP contribution in [-0.4, -0.2) is 11.2 Å². The summed E-state index contributed by atoms with van der Waals surface area (Å²) in [5.74, 6) is 5.32. The first-order chi connectivity index (χ1) is 9.62. The van der Waals surface area contributed by atoms with Gasteiger partial charge in [0.25, 0.3) is 5.69 Å². The fourth-order valence-corrected chi connectivity index (χ4v) is 2.20. The zero-order chi connectivity index (χ0) is 14.5. The molecule has 7 heteroatoms. The predicted molar refractivity (Wildman–Crippen MR) is 82.4 cm³/mol. The van der Waals surface area contributed by atoms with E-state index in [0.29, 0.717) is 11.4 Å². The van der Waals surface area contributed by atoms with E-state index in [2.05, 4.69) is 10.7 Å². The molecule has 2 aromatic rings. The van der Waals surface area contributed by atoms with Gasteiger partial charge in [-0.2, -0.15) is 0 Å². The summed E-state index contributed by atoms with van der Waals surface area (Å²) in [5, 5.41) is 14.0. The van der Waals surface area contributed by atoms with E-state index in [1.165, 1.54) is 12.1 Å². The molecule has 0 bridgehead atoms. The Morgan fingerprint density at radius 1 is 1.15 bits per heavy atom. The van der Waals surface area contributed by atoms with Crippen LogP contribution in [0.1, 0.15) is 0 Å². The molecule has 0 fully saturated rings. The Kier molecular flexibility index (Phi) is 4.44. The number of nitrogens with two attached hydrogens (primary N) is 1. The highest BCUT2D eigenvalue weighted by atomic mass is 32.2. The van der Waals surface area contributed by atoms with Crippen LogP contribution in [0.4, 0.5) is 22.7 Å². The largest absolute Gasteiger partial charge is 0.355 e. The second kappa shape index (κ2) is 6.27. The van der Waals surface area contributed by atoms with Crippen molar-refractivity contribution in [3.8, 4) is 0 Å². The molecule has 104 valence electrons. The van der Waals surface area contributed by atoms with Gasteiger partial charge in [-0.05, 0) is 30.5 Å². The molecule has 0 saturated carbocycles. The van der Waals surface area contributed by atoms with E-state index in [0.717, 1.165) is 10.6 Å². The summed E-state index contributed by atoms with van der Waals surface area (Å²) in [6, 6.07) is 12.3. The molecule has 0 aromatic heterocycles. The second-order valence-corrected chi connectivity index (χ2v) is 4.91. The van der Waals surface area contributed by atoms with Gasteiger partial charge < -0.3 is 10.7 Å². The average Bonchev–Trinajstić information content (AvgIpc) is 2.47. The second-order valence-electron chi connectivity index (χ2n) is 4.03. The molecule has 0 radical (unpaired) electrons. The van der Waals surface area contributed by atoms with Crippen molar-refractivity contribution in [2.24, 2.45) is 5.84 Å². The molecule has 0 amide bonds. The Hall–Kier alpha value is -2.25. The number of hydrazine groups is 1. The van der Waals surface area contributed by atoms with Crippen LogP contribution >= 0.6 is 11.8 Å². The number of hydrogen-bond donors (Lipinski definition) is 3. The molecule has 0 saturated heterocycles. The Bertz CT molecular complexity index is 634. The Morgan fingerprint density at radius 3 is 2.55 bits per heavy atom. The van der Waals surface area contributed by atoms with Crippen molar-refractivity contribution >= 4 is 34.5 Å². The molecule has 20 heavy (non-hydrogen) atoms. The third-order valence-corrected chi connectivity index (χ3v) is 3.38. The van der Waals surface area contributed by atoms with Crippen LogP contribution in [-0.2, 0) is 0 Å². The maximum Gasteiger partial charge on any atom is 0.273 e. The van der Waals surface area contributed by atoms with Gasteiger partial charge in [0.05, 0.1) is 10.6 Å². The van der Waals surface area contributed by atoms with Gasteiger partial charge in [-0.15, -0.1) is 11.8 Å². The van der Waals surface area contributed by atoms with Gasteiger partial charge in [-0.25, -0.2) is 0 Å². The quantitative estimate of drug-likeness (QED) is 0.338. The highest BCUT2D eigenvalue weighted by Gasteiger charge is 2.09. The summed E-state index contributed by atoms with van der Waals surface area (Å²) in [4.78, 5) is 11.5. The molecular weight excluding hydrogens is 276 g/mol. The third kappa shape index (κ3) is 3.40. The molecule has 0 aliphatic rings. The molecular formula is C13H14N4O2S. The number of hydrogen-bond acceptors (Lipinski definition) is 6. The number of thioether (sulfide) groups is 1. The lowest BCUT2D eigenvalue weighted by Crippen LogP contribution is -2.07. The number of rotatable bonds is 5. The zero-order valence-corrected chi connectivity index (χ0v) is 11.6. The normalized spacial score (nSPS) is 10.1. The van der Waals surface area contributed by atoms with E-state index in [4.69, 9.17) is 5.84 Å². The number of nitro groups is 1. The van der Waals surface area contributed by atoms with E-state index in [9.17, 15) is 10.1 Å². The summed E-state index contributed by atoms with van der Waals surface area (Å²) in [7, 11) is 0. The minimum Gasteiger partial charge on any atom is -0.355 e. The minimum atomic E-state index is -0.454. The van der Waals surface area contributed by atoms with Crippen LogP contribution in [0, 0.1) is 10.1 Å². The number of nitrogens with zero attached hydrogens (tertiary/aromatic N) is 1. The van der Waals surface area contributed by atoms with Gasteiger partial charge in [0.2, 0.25) is 0 Å². The van der Waals surface area contributed by atoms with Crippen LogP contribution in [0.2, 0.25) is 0 Å². The first kappa shape index (κ1) is 14.2. The van der Waals surface area contributed by atoms with E-state index in [1.807, 2.05) is 30.5 Å². The summed E-state index contributed by atoms with van der Waals surface area (Å²) < 4.78 is 0. The monoisotopic (exact) mass is 290 g/mol. The van der Waals surface area contributed by atoms with Crippen LogP contribution in [0.3, 0.4) is 0 Å². The molecule has 2 rings (SSSR count). The van der Waals surface area contributed by atoms with Gasteiger partial charge in [-0.3, -0.25) is 16.0 Å². The number of non-ortho nitro benzene ring substituents is 1. The van der Waals surface area contributed by atoms with Crippen molar-refractivity contribution in [2.45, 2.75) is 4.90 Å². The van der Waals surface area contributed by atoms with Crippen LogP contribution in [0.25, 0.3) is 0 Å². The highest BCUT2D eigenvalue weighted by Crippen LogP contribution is 2.27. The van der Waals surface area contributed by atoms with E-state index >= 15 is 0 Å². The van der Waals surface area contributed by atoms with Crippen LogP contribution in [0.5, 0.6) is 0 Å². The zero-order valence-electron chi connectivity index (χ0n) is 10.8. The van der Waals surface area contributed by atoms with Gasteiger partial charge in [0.15, 0.2) is 0 Å². The van der Waals surface area contributed by atoms with Gasteiger partial charge in [0, 0.05) is 28.4 Å². The lowest BCUT2D eigenvalue weighted by atomic mass is 10.2. The maximum absolute atomic E-state index is 10.9. The van der Waals surface area contributed by atoms with Gasteiger partial charge in [-0.1, -0.05) is 6.07 Å². The number of benzene rings is 2. The van der Waals surface area contributed by atoms with Crippen molar-refractivity contribution in [3.63, 3.8) is 0 Å². The smallest absolute Gasteiger partial charge is 0.273 e. The number of nitrogens with one attached hydrogen (secondary N) is 2. The minimum absolute atomic E-state index is 0.0241. The Labute approximate surface area is 120 Å². The fourth-order valence-electron chi connectivity index (χ4n) is 1.74. The van der Waals surface area contributed by atoms with Crippen molar-refractivity contribution in [2.75, 3.05) is 17.0 Å². The molecule has 0 aliphatic carbocycles. The van der Waals surface area contributed by atoms with E-state index in [1.54, 1.807) is 17.8 Å². The van der Waals surface area contributed by atoms with E-state index < -0.39 is 4.92 Å². The fraction of sp³-hybridized carbons (Fsp3) is 0.0769. The lowest BCUT2D eigenvalue weighted by Gasteiger charge is -2.09. The molecule has 0 heterocycles. The highest BCUT2D eigenvalue weighted by molar-refractivity contribution is 7.98. The number of nitrogen functional groups attached to an aromatic ring is 1. The maximum atomic E-state index is 10.9. The standard InChI is InChI=1S/C13H14N4O2S/c1-20-13-4-2-3-9(8-13)15-10-5-11(16-14)7-12(6-10)17(18)19/h2-8,15-16H,14H2,1H3. The SMILES string of the molecule is CSc1cccc(Nc2cc(NN)cc([N+](=O)[O-])c2)c1. The summed E-state index contributed by atoms with van der Waals surface area (Å²) in [6.07, 6.45) is 1.99. The molecule has 0 spiro atoms. The first-order valence-corrected chi connectivity index (χ1v) is 7.02. The summed E-state index contributed by atoms with van der Waals surface area (Å²) in [6.45, 7) is 0. The topological polar surface area (TPSA) is 93.2 Å². The third-order valence-electron chi connectivity index (χ3n) is 2.65. The number of anilines is 3. The van der Waals surface area contributed by atoms with E-state index in [-0.39, 0.29) is 5.69 Å². The average molecular weight is 290 g/mol. The first-order valence-electron chi connectivity index (χ1n) is 5.79. The van der Waals surface area contributed by atoms with Crippen molar-refractivity contribution in [3.05, 3.63) is 52.6 Å². The molecule has 0 unspecified atom stereocenters. The summed E-state index contributed by atoms with van der Waals surface area (Å²) >= 11 is 1.63. The summed E-state index contributed by atoms with van der Waals surface area (Å²) in [5.41, 5.74) is 4.34. The Balaban J connectivity index is 2.32. The van der Waals surface area contributed by atoms with Crippen LogP contribution < -0.4 is 16.6 Å². The Morgan fingerprint density at radius 2 is 1.90 bits per heavy atom. The molecule has 0 atom stereocenters. The van der Waals surface area contributed by atoms with Gasteiger partial charge >= 0.3 is 0 Å². The molecule has 4 N–H and O–H groups in total. The van der Waals surface area contributed by atoms with Crippen molar-refractivity contribution in [1.82, 2.24) is 0 Å². The van der Waals surface area contributed by atoms with Crippen LogP contribution in [0.15, 0.2) is 47.4 Å². The molecule has 0 aliphatic heterocycles. The number of nitro benzene ring substituents is 1. The predicted octanol–water partition coefficient (Wildman–Crippen LogP) is 3.35. The van der Waals surface area contributed by atoms with Crippen molar-refractivity contribution < 1.29 is 4.92 Å².